The highest BCUT2D eigenvalue weighted by Gasteiger charge is 2.40. The van der Waals surface area contributed by atoms with E-state index in [1.165, 1.54) is 6.42 Å². The molecule has 2 heterocycles. The van der Waals surface area contributed by atoms with Crippen LogP contribution in [0.4, 0.5) is 0 Å². The molecule has 2 N–H and O–H groups in total. The van der Waals surface area contributed by atoms with Crippen molar-refractivity contribution in [2.45, 2.75) is 50.3 Å². The third kappa shape index (κ3) is 3.22. The number of nitrogens with one attached hydrogen (secondary N) is 1. The van der Waals surface area contributed by atoms with E-state index in [9.17, 15) is 9.90 Å². The molecule has 1 amide bonds. The number of fused-ring (bicyclic) bond motifs is 1. The highest BCUT2D eigenvalue weighted by Crippen LogP contribution is 2.28. The normalized spacial score (nSPS) is 29.4. The maximum absolute atomic E-state index is 11.8. The maximum Gasteiger partial charge on any atom is 0.224 e. The zero-order valence-electron chi connectivity index (χ0n) is 11.1. The summed E-state index contributed by atoms with van der Waals surface area (Å²) in [5, 5.41) is 13.0. The molecule has 5 heteroatoms. The summed E-state index contributed by atoms with van der Waals surface area (Å²) in [6, 6.07) is 0.651. The van der Waals surface area contributed by atoms with Crippen molar-refractivity contribution in [2.75, 3.05) is 26.8 Å². The number of ether oxygens (including phenoxy) is 1. The fourth-order valence-electron chi connectivity index (χ4n) is 3.05. The first-order valence-electron chi connectivity index (χ1n) is 6.92. The lowest BCUT2D eigenvalue weighted by Gasteiger charge is -2.32. The maximum atomic E-state index is 11.8. The molecule has 3 unspecified atom stereocenters. The van der Waals surface area contributed by atoms with Gasteiger partial charge in [-0.15, -0.1) is 0 Å². The van der Waals surface area contributed by atoms with Crippen molar-refractivity contribution in [1.29, 1.82) is 0 Å². The predicted molar refractivity (Wildman–Crippen MR) is 68.3 cm³/mol. The Morgan fingerprint density at radius 3 is 3.17 bits per heavy atom. The van der Waals surface area contributed by atoms with Crippen molar-refractivity contribution >= 4 is 5.91 Å². The van der Waals surface area contributed by atoms with E-state index in [1.807, 2.05) is 4.90 Å². The van der Waals surface area contributed by atoms with E-state index in [2.05, 4.69) is 5.32 Å². The number of hydrogen-bond donors (Lipinski definition) is 2. The second kappa shape index (κ2) is 6.50. The Hall–Kier alpha value is -0.650. The SMILES string of the molecule is COCC(O)CCNC1CC(=O)N2CCCCC12. The molecule has 18 heavy (non-hydrogen) atoms. The highest BCUT2D eigenvalue weighted by atomic mass is 16.5. The lowest BCUT2D eigenvalue weighted by Crippen LogP contribution is -2.46. The van der Waals surface area contributed by atoms with Gasteiger partial charge in [-0.05, 0) is 32.2 Å². The van der Waals surface area contributed by atoms with Crippen LogP contribution >= 0.6 is 0 Å². The molecule has 0 radical (unpaired) electrons. The Balaban J connectivity index is 1.74. The molecule has 3 atom stereocenters. The largest absolute Gasteiger partial charge is 0.391 e. The standard InChI is InChI=1S/C13H24N2O3/c1-18-9-10(16)5-6-14-11-8-13(17)15-7-3-2-4-12(11)15/h10-12,14,16H,2-9H2,1H3. The van der Waals surface area contributed by atoms with Gasteiger partial charge < -0.3 is 20.1 Å². The van der Waals surface area contributed by atoms with E-state index < -0.39 is 6.10 Å². The fourth-order valence-corrected chi connectivity index (χ4v) is 3.05. The molecule has 5 nitrogen and oxygen atoms in total. The number of carbonyl (C=O) groups is 1. The Morgan fingerprint density at radius 2 is 2.39 bits per heavy atom. The number of hydrogen-bond acceptors (Lipinski definition) is 4. The zero-order valence-corrected chi connectivity index (χ0v) is 11.1. The van der Waals surface area contributed by atoms with Gasteiger partial charge in [-0.3, -0.25) is 4.79 Å². The third-order valence-corrected chi connectivity index (χ3v) is 3.97. The Morgan fingerprint density at radius 1 is 1.56 bits per heavy atom. The van der Waals surface area contributed by atoms with Crippen LogP contribution in [0.25, 0.3) is 0 Å². The summed E-state index contributed by atoms with van der Waals surface area (Å²) in [5.41, 5.74) is 0. The molecule has 2 saturated heterocycles. The minimum absolute atomic E-state index is 0.271. The molecule has 104 valence electrons. The van der Waals surface area contributed by atoms with Crippen molar-refractivity contribution in [2.24, 2.45) is 0 Å². The predicted octanol–water partition coefficient (Wildman–Crippen LogP) is 0.127. The number of carbonyl (C=O) groups excluding carboxylic acids is 1. The van der Waals surface area contributed by atoms with Crippen LogP contribution in [0.1, 0.15) is 32.1 Å². The summed E-state index contributed by atoms with van der Waals surface area (Å²) >= 11 is 0. The van der Waals surface area contributed by atoms with Crippen LogP contribution < -0.4 is 5.32 Å². The van der Waals surface area contributed by atoms with Gasteiger partial charge in [0.15, 0.2) is 0 Å². The number of amides is 1. The molecule has 0 bridgehead atoms. The van der Waals surface area contributed by atoms with Gasteiger partial charge in [-0.2, -0.15) is 0 Å². The van der Waals surface area contributed by atoms with Crippen molar-refractivity contribution in [1.82, 2.24) is 10.2 Å². The van der Waals surface area contributed by atoms with E-state index in [0.717, 1.165) is 25.9 Å². The van der Waals surface area contributed by atoms with Crippen molar-refractivity contribution < 1.29 is 14.6 Å². The van der Waals surface area contributed by atoms with Crippen LogP contribution in [0, 0.1) is 0 Å². The van der Waals surface area contributed by atoms with Crippen LogP contribution in [0.15, 0.2) is 0 Å². The molecular weight excluding hydrogens is 232 g/mol. The van der Waals surface area contributed by atoms with Gasteiger partial charge in [0.05, 0.1) is 12.7 Å². The second-order valence-corrected chi connectivity index (χ2v) is 5.31. The van der Waals surface area contributed by atoms with Crippen molar-refractivity contribution in [3.8, 4) is 0 Å². The van der Waals surface area contributed by atoms with Crippen LogP contribution in [0.3, 0.4) is 0 Å². The molecule has 2 aliphatic rings. The Bertz CT molecular complexity index is 285. The average Bonchev–Trinajstić information content (AvgIpc) is 2.68. The molecule has 0 aromatic heterocycles. The number of nitrogens with zero attached hydrogens (tertiary/aromatic N) is 1. The van der Waals surface area contributed by atoms with Gasteiger partial charge in [-0.25, -0.2) is 0 Å². The Labute approximate surface area is 108 Å². The monoisotopic (exact) mass is 256 g/mol. The van der Waals surface area contributed by atoms with Crippen LogP contribution in [0.2, 0.25) is 0 Å². The van der Waals surface area contributed by atoms with Gasteiger partial charge in [0.2, 0.25) is 5.91 Å². The second-order valence-electron chi connectivity index (χ2n) is 5.31. The van der Waals surface area contributed by atoms with E-state index in [1.54, 1.807) is 7.11 Å². The molecule has 0 aromatic rings. The minimum atomic E-state index is -0.415. The Kier molecular flexibility index (Phi) is 4.97. The summed E-state index contributed by atoms with van der Waals surface area (Å²) in [6.45, 7) is 2.04. The van der Waals surface area contributed by atoms with Crippen molar-refractivity contribution in [3.05, 3.63) is 0 Å². The van der Waals surface area contributed by atoms with Crippen molar-refractivity contribution in [3.63, 3.8) is 0 Å². The number of methoxy groups -OCH3 is 1. The van der Waals surface area contributed by atoms with Gasteiger partial charge in [0.25, 0.3) is 0 Å². The van der Waals surface area contributed by atoms with Gasteiger partial charge >= 0.3 is 0 Å². The third-order valence-electron chi connectivity index (χ3n) is 3.97. The summed E-state index contributed by atoms with van der Waals surface area (Å²) in [6.07, 6.45) is 4.35. The number of aliphatic hydroxyl groups excluding tert-OH is 1. The quantitative estimate of drug-likeness (QED) is 0.709. The average molecular weight is 256 g/mol. The van der Waals surface area contributed by atoms with Gasteiger partial charge in [0, 0.05) is 32.2 Å². The first kappa shape index (κ1) is 13.8. The fraction of sp³-hybridized carbons (Fsp3) is 0.923. The number of piperidine rings is 1. The summed E-state index contributed by atoms with van der Waals surface area (Å²) < 4.78 is 4.89. The molecule has 0 saturated carbocycles. The van der Waals surface area contributed by atoms with Gasteiger partial charge in [0.1, 0.15) is 0 Å². The summed E-state index contributed by atoms with van der Waals surface area (Å²) in [4.78, 5) is 13.9. The van der Waals surface area contributed by atoms with Crippen LogP contribution in [0.5, 0.6) is 0 Å². The molecule has 0 aromatic carbocycles. The lowest BCUT2D eigenvalue weighted by atomic mass is 9.99. The molecule has 2 fully saturated rings. The van der Waals surface area contributed by atoms with Crippen LogP contribution in [-0.2, 0) is 9.53 Å². The highest BCUT2D eigenvalue weighted by molar-refractivity contribution is 5.80. The first-order chi connectivity index (χ1) is 8.72. The summed E-state index contributed by atoms with van der Waals surface area (Å²) in [5.74, 6) is 0.287. The van der Waals surface area contributed by atoms with Gasteiger partial charge in [-0.1, -0.05) is 0 Å². The van der Waals surface area contributed by atoms with E-state index in [-0.39, 0.29) is 11.9 Å². The van der Waals surface area contributed by atoms with E-state index >= 15 is 0 Å². The molecule has 0 spiro atoms. The number of aliphatic hydroxyl groups is 1. The van der Waals surface area contributed by atoms with Crippen LogP contribution in [-0.4, -0.2) is 60.9 Å². The summed E-state index contributed by atoms with van der Waals surface area (Å²) in [7, 11) is 1.59. The molecule has 2 aliphatic heterocycles. The number of rotatable bonds is 6. The topological polar surface area (TPSA) is 61.8 Å². The van der Waals surface area contributed by atoms with E-state index in [4.69, 9.17) is 4.74 Å². The zero-order chi connectivity index (χ0) is 13.0. The van der Waals surface area contributed by atoms with E-state index in [0.29, 0.717) is 25.5 Å². The smallest absolute Gasteiger partial charge is 0.224 e. The molecule has 0 aliphatic carbocycles. The first-order valence-corrected chi connectivity index (χ1v) is 6.92. The minimum Gasteiger partial charge on any atom is -0.391 e. The molecular formula is C13H24N2O3. The molecule has 2 rings (SSSR count). The lowest BCUT2D eigenvalue weighted by molar-refractivity contribution is -0.129.